The molecule has 1 N–H and O–H groups in total. The van der Waals surface area contributed by atoms with Crippen LogP contribution in [-0.2, 0) is 19.4 Å². The Kier molecular flexibility index (Phi) is 5.68. The van der Waals surface area contributed by atoms with Gasteiger partial charge >= 0.3 is 0 Å². The van der Waals surface area contributed by atoms with Gasteiger partial charge in [0.1, 0.15) is 16.6 Å². The van der Waals surface area contributed by atoms with E-state index in [1.807, 2.05) is 12.1 Å². The number of ether oxygens (including phenoxy) is 1. The summed E-state index contributed by atoms with van der Waals surface area (Å²) in [4.78, 5) is 26.3. The number of hydrogen-bond donors (Lipinski definition) is 1. The van der Waals surface area contributed by atoms with Gasteiger partial charge in [-0.25, -0.2) is 8.42 Å². The molecule has 2 aliphatic heterocycles. The highest BCUT2D eigenvalue weighted by molar-refractivity contribution is 8.26. The van der Waals surface area contributed by atoms with Crippen LogP contribution in [0.1, 0.15) is 5.56 Å². The van der Waals surface area contributed by atoms with Gasteiger partial charge in [-0.2, -0.15) is 0 Å². The molecule has 7 nitrogen and oxygen atoms in total. The van der Waals surface area contributed by atoms with Crippen molar-refractivity contribution in [2.75, 3.05) is 19.4 Å². The van der Waals surface area contributed by atoms with Crippen molar-refractivity contribution in [3.63, 3.8) is 0 Å². The zero-order valence-corrected chi connectivity index (χ0v) is 16.7. The molecule has 0 spiro atoms. The Morgan fingerprint density at radius 3 is 2.70 bits per heavy atom. The molecule has 1 aromatic carbocycles. The fourth-order valence-electron chi connectivity index (χ4n) is 2.55. The Balaban J connectivity index is 1.64. The molecule has 2 aliphatic rings. The number of sulfone groups is 1. The first kappa shape index (κ1) is 19.6. The molecule has 0 unspecified atom stereocenters. The van der Waals surface area contributed by atoms with Crippen molar-refractivity contribution in [2.24, 2.45) is 0 Å². The summed E-state index contributed by atoms with van der Waals surface area (Å²) in [5.74, 6) is -0.289. The van der Waals surface area contributed by atoms with Crippen LogP contribution in [0, 0.1) is 0 Å². The van der Waals surface area contributed by atoms with Gasteiger partial charge in [0.2, 0.25) is 5.91 Å². The van der Waals surface area contributed by atoms with Gasteiger partial charge in [-0.05, 0) is 29.8 Å². The zero-order valence-electron chi connectivity index (χ0n) is 14.2. The molecule has 0 bridgehead atoms. The van der Waals surface area contributed by atoms with E-state index >= 15 is 0 Å². The third kappa shape index (κ3) is 4.76. The summed E-state index contributed by atoms with van der Waals surface area (Å²) in [6.07, 6.45) is 3.12. The number of rotatable bonds is 5. The summed E-state index contributed by atoms with van der Waals surface area (Å²) in [6, 6.07) is 6.60. The van der Waals surface area contributed by atoms with Crippen LogP contribution < -0.4 is 10.1 Å². The lowest BCUT2D eigenvalue weighted by Gasteiger charge is -2.16. The Bertz CT molecular complexity index is 951. The third-order valence-electron chi connectivity index (χ3n) is 3.87. The topological polar surface area (TPSA) is 92.8 Å². The first-order chi connectivity index (χ1) is 12.8. The molecule has 27 heavy (non-hydrogen) atoms. The minimum absolute atomic E-state index is 0.172. The van der Waals surface area contributed by atoms with E-state index in [0.717, 1.165) is 22.7 Å². The first-order valence-corrected chi connectivity index (χ1v) is 10.8. The van der Waals surface area contributed by atoms with E-state index in [1.165, 1.54) is 11.0 Å². The van der Waals surface area contributed by atoms with Gasteiger partial charge in [-0.15, -0.1) is 0 Å². The molecule has 1 saturated heterocycles. The van der Waals surface area contributed by atoms with Gasteiger partial charge in [0.25, 0.3) is 5.91 Å². The summed E-state index contributed by atoms with van der Waals surface area (Å²) in [5, 5.41) is 3.66. The molecular formula is C17H16N2O5S3. The smallest absolute Gasteiger partial charge is 0.266 e. The molecule has 0 radical (unpaired) electrons. The number of amides is 2. The van der Waals surface area contributed by atoms with Crippen LogP contribution in [0.5, 0.6) is 5.75 Å². The number of carbonyl (C=O) groups excluding carboxylic acids is 2. The Labute approximate surface area is 166 Å². The standard InChI is InChI=1S/C17H16N2O5S3/c1-24-13-4-2-11(3-5-13)8-14-16(21)19(17(25)26-14)9-15(20)18-12-6-7-27(22,23)10-12/h2-8,12H,9-10H2,1H3,(H,18,20)/b14-8-/t12-/m0/s1. The number of thioether (sulfide) groups is 1. The van der Waals surface area contributed by atoms with Crippen molar-refractivity contribution in [1.29, 1.82) is 0 Å². The van der Waals surface area contributed by atoms with Gasteiger partial charge in [0.05, 0.1) is 23.8 Å². The molecule has 0 saturated carbocycles. The molecule has 2 heterocycles. The van der Waals surface area contributed by atoms with Crippen LogP contribution in [0.4, 0.5) is 0 Å². The van der Waals surface area contributed by atoms with Crippen LogP contribution in [0.2, 0.25) is 0 Å². The number of nitrogens with zero attached hydrogens (tertiary/aromatic N) is 1. The number of methoxy groups -OCH3 is 1. The second-order valence-corrected chi connectivity index (χ2v) is 9.48. The SMILES string of the molecule is COc1ccc(/C=C2\SC(=S)N(CC(=O)N[C@H]3C=CS(=O)(=O)C3)C2=O)cc1. The summed E-state index contributed by atoms with van der Waals surface area (Å²) in [5.41, 5.74) is 0.807. The molecule has 3 rings (SSSR count). The maximum Gasteiger partial charge on any atom is 0.266 e. The van der Waals surface area contributed by atoms with E-state index in [2.05, 4.69) is 5.32 Å². The quantitative estimate of drug-likeness (QED) is 0.563. The molecular weight excluding hydrogens is 408 g/mol. The highest BCUT2D eigenvalue weighted by atomic mass is 32.2. The number of hydrogen-bond acceptors (Lipinski definition) is 7. The second-order valence-electron chi connectivity index (χ2n) is 5.87. The van der Waals surface area contributed by atoms with Gasteiger partial charge in [-0.1, -0.05) is 36.1 Å². The van der Waals surface area contributed by atoms with E-state index in [9.17, 15) is 18.0 Å². The van der Waals surface area contributed by atoms with E-state index < -0.39 is 21.8 Å². The predicted molar refractivity (Wildman–Crippen MR) is 108 cm³/mol. The Morgan fingerprint density at radius 1 is 1.41 bits per heavy atom. The minimum Gasteiger partial charge on any atom is -0.497 e. The molecule has 0 aromatic heterocycles. The lowest BCUT2D eigenvalue weighted by Crippen LogP contribution is -2.43. The van der Waals surface area contributed by atoms with Crippen LogP contribution in [0.15, 0.2) is 40.7 Å². The van der Waals surface area contributed by atoms with E-state index in [0.29, 0.717) is 10.7 Å². The average molecular weight is 425 g/mol. The summed E-state index contributed by atoms with van der Waals surface area (Å²) < 4.78 is 28.2. The van der Waals surface area contributed by atoms with Crippen LogP contribution >= 0.6 is 24.0 Å². The minimum atomic E-state index is -3.26. The van der Waals surface area contributed by atoms with Gasteiger partial charge in [-0.3, -0.25) is 14.5 Å². The predicted octanol–water partition coefficient (Wildman–Crippen LogP) is 1.32. The van der Waals surface area contributed by atoms with E-state index in [-0.39, 0.29) is 22.5 Å². The van der Waals surface area contributed by atoms with Gasteiger partial charge in [0.15, 0.2) is 9.84 Å². The van der Waals surface area contributed by atoms with Crippen molar-refractivity contribution in [3.05, 3.63) is 46.2 Å². The molecule has 1 aromatic rings. The lowest BCUT2D eigenvalue weighted by atomic mass is 10.2. The summed E-state index contributed by atoms with van der Waals surface area (Å²) in [6.45, 7) is -0.255. The summed E-state index contributed by atoms with van der Waals surface area (Å²) in [7, 11) is -1.69. The largest absolute Gasteiger partial charge is 0.497 e. The molecule has 142 valence electrons. The van der Waals surface area contributed by atoms with E-state index in [1.54, 1.807) is 25.3 Å². The van der Waals surface area contributed by atoms with Crippen molar-refractivity contribution in [2.45, 2.75) is 6.04 Å². The summed E-state index contributed by atoms with van der Waals surface area (Å²) >= 11 is 6.32. The molecule has 2 amide bonds. The fraction of sp³-hybridized carbons (Fsp3) is 0.235. The second kappa shape index (κ2) is 7.83. The lowest BCUT2D eigenvalue weighted by molar-refractivity contribution is -0.128. The number of carbonyl (C=O) groups is 2. The first-order valence-electron chi connectivity index (χ1n) is 7.87. The van der Waals surface area contributed by atoms with Gasteiger partial charge in [0, 0.05) is 5.41 Å². The van der Waals surface area contributed by atoms with Crippen molar-refractivity contribution >= 4 is 56.0 Å². The molecule has 0 aliphatic carbocycles. The maximum absolute atomic E-state index is 12.6. The highest BCUT2D eigenvalue weighted by Crippen LogP contribution is 2.32. The van der Waals surface area contributed by atoms with Crippen LogP contribution in [0.3, 0.4) is 0 Å². The third-order valence-corrected chi connectivity index (χ3v) is 6.64. The Hall–Kier alpha value is -2.17. The van der Waals surface area contributed by atoms with Crippen LogP contribution in [-0.4, -0.2) is 54.9 Å². The number of thiocarbonyl (C=S) groups is 1. The number of benzene rings is 1. The Morgan fingerprint density at radius 2 is 2.11 bits per heavy atom. The zero-order chi connectivity index (χ0) is 19.6. The highest BCUT2D eigenvalue weighted by Gasteiger charge is 2.34. The number of nitrogens with one attached hydrogen (secondary N) is 1. The molecule has 1 fully saturated rings. The normalized spacial score (nSPS) is 22.5. The van der Waals surface area contributed by atoms with Gasteiger partial charge < -0.3 is 10.1 Å². The fourth-order valence-corrected chi connectivity index (χ4v) is 5.04. The molecule has 10 heteroatoms. The monoisotopic (exact) mass is 424 g/mol. The van der Waals surface area contributed by atoms with Crippen molar-refractivity contribution in [1.82, 2.24) is 10.2 Å². The van der Waals surface area contributed by atoms with Crippen LogP contribution in [0.25, 0.3) is 6.08 Å². The van der Waals surface area contributed by atoms with Crippen molar-refractivity contribution in [3.8, 4) is 5.75 Å². The van der Waals surface area contributed by atoms with Crippen molar-refractivity contribution < 1.29 is 22.7 Å². The molecule has 1 atom stereocenters. The average Bonchev–Trinajstić information content (AvgIpc) is 3.09. The van der Waals surface area contributed by atoms with E-state index in [4.69, 9.17) is 17.0 Å². The maximum atomic E-state index is 12.6.